The molecule has 1 amide bonds. The normalized spacial score (nSPS) is 10.6. The first-order valence-corrected chi connectivity index (χ1v) is 12.0. The van der Waals surface area contributed by atoms with Crippen LogP contribution in [0.15, 0.2) is 66.9 Å². The molecule has 4 aromatic rings. The molecule has 0 unspecified atom stereocenters. The summed E-state index contributed by atoms with van der Waals surface area (Å²) in [5.41, 5.74) is 3.63. The van der Waals surface area contributed by atoms with E-state index < -0.39 is 6.09 Å². The van der Waals surface area contributed by atoms with Crippen molar-refractivity contribution in [1.29, 1.82) is 5.26 Å². The van der Waals surface area contributed by atoms with E-state index in [0.717, 1.165) is 17.8 Å². The summed E-state index contributed by atoms with van der Waals surface area (Å²) in [5, 5.41) is 8.96. The molecule has 0 N–H and O–H groups in total. The van der Waals surface area contributed by atoms with Crippen molar-refractivity contribution in [3.63, 3.8) is 0 Å². The predicted molar refractivity (Wildman–Crippen MR) is 138 cm³/mol. The Labute approximate surface area is 214 Å². The average Bonchev–Trinajstić information content (AvgIpc) is 3.23. The Bertz CT molecular complexity index is 1420. The zero-order valence-electron chi connectivity index (χ0n) is 20.8. The van der Waals surface area contributed by atoms with E-state index in [2.05, 4.69) is 11.1 Å². The van der Waals surface area contributed by atoms with Gasteiger partial charge in [0.05, 0.1) is 30.9 Å². The molecule has 2 aromatic carbocycles. The Morgan fingerprint density at radius 2 is 1.84 bits per heavy atom. The number of pyridine rings is 1. The highest BCUT2D eigenvalue weighted by Gasteiger charge is 2.20. The third kappa shape index (κ3) is 6.30. The molecule has 2 aromatic heterocycles. The SMILES string of the molecule is CCOC(=O)CCN(C(=O)Oc1cnc2c(c1)nc(CCc1ccc(C#N)cc1)n2C)c1ccccc1. The number of aromatic nitrogens is 3. The fourth-order valence-corrected chi connectivity index (χ4v) is 3.91. The molecule has 4 rings (SSSR count). The largest absolute Gasteiger partial charge is 0.466 e. The van der Waals surface area contributed by atoms with Crippen molar-refractivity contribution in [2.75, 3.05) is 18.1 Å². The van der Waals surface area contributed by atoms with Gasteiger partial charge in [0.1, 0.15) is 11.3 Å². The van der Waals surface area contributed by atoms with Gasteiger partial charge in [-0.1, -0.05) is 30.3 Å². The highest BCUT2D eigenvalue weighted by atomic mass is 16.6. The molecule has 0 atom stereocenters. The second-order valence-corrected chi connectivity index (χ2v) is 8.32. The monoisotopic (exact) mass is 497 g/mol. The number of amides is 1. The van der Waals surface area contributed by atoms with E-state index in [1.165, 1.54) is 11.1 Å². The molecule has 9 heteroatoms. The minimum absolute atomic E-state index is 0.0396. The summed E-state index contributed by atoms with van der Waals surface area (Å²) < 4.78 is 12.5. The van der Waals surface area contributed by atoms with Gasteiger partial charge in [-0.25, -0.2) is 14.8 Å². The van der Waals surface area contributed by atoms with Gasteiger partial charge < -0.3 is 14.0 Å². The molecule has 37 heavy (non-hydrogen) atoms. The summed E-state index contributed by atoms with van der Waals surface area (Å²) >= 11 is 0. The number of carbonyl (C=O) groups is 2. The van der Waals surface area contributed by atoms with Crippen LogP contribution in [0.2, 0.25) is 0 Å². The lowest BCUT2D eigenvalue weighted by atomic mass is 10.1. The fraction of sp³-hybridized carbons (Fsp3) is 0.250. The summed E-state index contributed by atoms with van der Waals surface area (Å²) in [4.78, 5) is 35.5. The third-order valence-corrected chi connectivity index (χ3v) is 5.84. The Hall–Kier alpha value is -4.71. The van der Waals surface area contributed by atoms with Gasteiger partial charge in [0.2, 0.25) is 0 Å². The fourth-order valence-electron chi connectivity index (χ4n) is 3.91. The molecule has 188 valence electrons. The maximum atomic E-state index is 13.1. The Morgan fingerprint density at radius 3 is 2.54 bits per heavy atom. The van der Waals surface area contributed by atoms with E-state index in [1.807, 2.05) is 29.8 Å². The van der Waals surface area contributed by atoms with Crippen LogP contribution in [0.3, 0.4) is 0 Å². The summed E-state index contributed by atoms with van der Waals surface area (Å²) in [7, 11) is 1.90. The maximum absolute atomic E-state index is 13.1. The van der Waals surface area contributed by atoms with E-state index in [1.54, 1.807) is 49.4 Å². The third-order valence-electron chi connectivity index (χ3n) is 5.84. The second-order valence-electron chi connectivity index (χ2n) is 8.32. The summed E-state index contributed by atoms with van der Waals surface area (Å²) in [6.45, 7) is 2.13. The first-order valence-electron chi connectivity index (χ1n) is 12.0. The number of hydrogen-bond donors (Lipinski definition) is 0. The maximum Gasteiger partial charge on any atom is 0.419 e. The quantitative estimate of drug-likeness (QED) is 0.311. The molecule has 0 spiro atoms. The molecule has 9 nitrogen and oxygen atoms in total. The first-order chi connectivity index (χ1) is 18.0. The van der Waals surface area contributed by atoms with Crippen LogP contribution in [0.4, 0.5) is 10.5 Å². The van der Waals surface area contributed by atoms with Crippen molar-refractivity contribution in [1.82, 2.24) is 14.5 Å². The number of rotatable bonds is 9. The Morgan fingerprint density at radius 1 is 1.08 bits per heavy atom. The molecule has 2 heterocycles. The van der Waals surface area contributed by atoms with Gasteiger partial charge in [0, 0.05) is 31.8 Å². The van der Waals surface area contributed by atoms with Crippen LogP contribution < -0.4 is 9.64 Å². The molecule has 0 saturated heterocycles. The number of esters is 1. The predicted octanol–water partition coefficient (Wildman–Crippen LogP) is 4.58. The van der Waals surface area contributed by atoms with Gasteiger partial charge >= 0.3 is 12.1 Å². The minimum Gasteiger partial charge on any atom is -0.466 e. The lowest BCUT2D eigenvalue weighted by molar-refractivity contribution is -0.142. The highest BCUT2D eigenvalue weighted by molar-refractivity contribution is 5.90. The zero-order chi connectivity index (χ0) is 26.2. The number of anilines is 1. The van der Waals surface area contributed by atoms with Crippen LogP contribution in [0.1, 0.15) is 30.3 Å². The van der Waals surface area contributed by atoms with Crippen LogP contribution in [-0.2, 0) is 29.4 Å². The zero-order valence-corrected chi connectivity index (χ0v) is 20.8. The lowest BCUT2D eigenvalue weighted by Crippen LogP contribution is -2.35. The lowest BCUT2D eigenvalue weighted by Gasteiger charge is -2.21. The van der Waals surface area contributed by atoms with Gasteiger partial charge in [-0.05, 0) is 43.2 Å². The molecule has 0 aliphatic carbocycles. The number of carbonyl (C=O) groups excluding carboxylic acids is 2. The van der Waals surface area contributed by atoms with Gasteiger partial charge in [-0.15, -0.1) is 0 Å². The first kappa shape index (κ1) is 25.4. The Kier molecular flexibility index (Phi) is 8.11. The van der Waals surface area contributed by atoms with E-state index in [-0.39, 0.29) is 31.3 Å². The van der Waals surface area contributed by atoms with Crippen molar-refractivity contribution < 1.29 is 19.1 Å². The van der Waals surface area contributed by atoms with E-state index in [9.17, 15) is 9.59 Å². The average molecular weight is 498 g/mol. The molecule has 0 aliphatic heterocycles. The number of aryl methyl sites for hydroxylation is 3. The molecular formula is C28H27N5O4. The number of nitrogens with zero attached hydrogens (tertiary/aromatic N) is 5. The number of nitriles is 1. The number of imidazole rings is 1. The number of ether oxygens (including phenoxy) is 2. The summed E-state index contributed by atoms with van der Waals surface area (Å²) in [5.74, 6) is 0.711. The van der Waals surface area contributed by atoms with Crippen LogP contribution in [0, 0.1) is 11.3 Å². The van der Waals surface area contributed by atoms with Crippen LogP contribution in [0.5, 0.6) is 5.75 Å². The van der Waals surface area contributed by atoms with Crippen LogP contribution in [-0.4, -0.2) is 39.7 Å². The van der Waals surface area contributed by atoms with Crippen molar-refractivity contribution in [2.45, 2.75) is 26.2 Å². The van der Waals surface area contributed by atoms with Crippen molar-refractivity contribution in [3.05, 3.63) is 83.8 Å². The minimum atomic E-state index is -0.631. The standard InChI is InChI=1S/C28H27N5O4/c1-3-36-26(34)15-16-33(22-7-5-4-6-8-22)28(35)37-23-17-24-27(30-19-23)32(2)25(31-24)14-13-20-9-11-21(18-29)12-10-20/h4-12,17,19H,3,13-16H2,1-2H3. The molecule has 0 fully saturated rings. The van der Waals surface area contributed by atoms with Crippen molar-refractivity contribution >= 4 is 28.9 Å². The molecular weight excluding hydrogens is 470 g/mol. The molecule has 0 radical (unpaired) electrons. The van der Waals surface area contributed by atoms with E-state index in [4.69, 9.17) is 19.7 Å². The van der Waals surface area contributed by atoms with Gasteiger partial charge in [-0.2, -0.15) is 5.26 Å². The Balaban J connectivity index is 1.48. The van der Waals surface area contributed by atoms with Crippen LogP contribution in [0.25, 0.3) is 11.2 Å². The summed E-state index contributed by atoms with van der Waals surface area (Å²) in [6, 6.07) is 20.3. The molecule has 0 bridgehead atoms. The summed E-state index contributed by atoms with van der Waals surface area (Å²) in [6.07, 6.45) is 2.34. The topological polar surface area (TPSA) is 110 Å². The molecule has 0 aliphatic rings. The number of para-hydroxylation sites is 1. The van der Waals surface area contributed by atoms with Gasteiger partial charge in [-0.3, -0.25) is 9.69 Å². The number of benzene rings is 2. The number of fused-ring (bicyclic) bond motifs is 1. The number of hydrogen-bond acceptors (Lipinski definition) is 7. The van der Waals surface area contributed by atoms with Crippen LogP contribution >= 0.6 is 0 Å². The second kappa shape index (κ2) is 11.8. The van der Waals surface area contributed by atoms with Crippen molar-refractivity contribution in [2.24, 2.45) is 7.05 Å². The highest BCUT2D eigenvalue weighted by Crippen LogP contribution is 2.22. The van der Waals surface area contributed by atoms with Gasteiger partial charge in [0.15, 0.2) is 11.4 Å². The van der Waals surface area contributed by atoms with Crippen molar-refractivity contribution in [3.8, 4) is 11.8 Å². The van der Waals surface area contributed by atoms with E-state index in [0.29, 0.717) is 28.8 Å². The smallest absolute Gasteiger partial charge is 0.419 e. The van der Waals surface area contributed by atoms with E-state index >= 15 is 0 Å². The van der Waals surface area contributed by atoms with Gasteiger partial charge in [0.25, 0.3) is 0 Å². The molecule has 0 saturated carbocycles.